The average molecular weight is 768 g/mol. The summed E-state index contributed by atoms with van der Waals surface area (Å²) < 4.78 is 0. The summed E-state index contributed by atoms with van der Waals surface area (Å²) in [5, 5.41) is 2.57. The van der Waals surface area contributed by atoms with Crippen molar-refractivity contribution < 1.29 is 0 Å². The van der Waals surface area contributed by atoms with E-state index in [2.05, 4.69) is 163 Å². The van der Waals surface area contributed by atoms with Crippen molar-refractivity contribution in [3.05, 3.63) is 174 Å². The maximum absolute atomic E-state index is 2.60. The van der Waals surface area contributed by atoms with E-state index < -0.39 is 0 Å². The number of hydrogen-bond acceptors (Lipinski definition) is 1. The molecular weight excluding hydrogens is 711 g/mol. The molecule has 2 bridgehead atoms. The first-order chi connectivity index (χ1) is 29.1. The smallest absolute Gasteiger partial charge is 0.0465 e. The molecule has 59 heavy (non-hydrogen) atoms. The van der Waals surface area contributed by atoms with Gasteiger partial charge in [0.25, 0.3) is 0 Å². The van der Waals surface area contributed by atoms with Crippen LogP contribution in [0.2, 0.25) is 0 Å². The van der Waals surface area contributed by atoms with Crippen molar-refractivity contribution in [3.63, 3.8) is 0 Å². The molecule has 1 nitrogen and oxygen atoms in total. The largest absolute Gasteiger partial charge is 0.310 e. The van der Waals surface area contributed by atoms with Crippen LogP contribution in [0, 0.1) is 17.8 Å². The maximum Gasteiger partial charge on any atom is 0.0465 e. The van der Waals surface area contributed by atoms with Crippen LogP contribution in [-0.4, -0.2) is 0 Å². The molecule has 0 N–H and O–H groups in total. The zero-order chi connectivity index (χ0) is 39.3. The van der Waals surface area contributed by atoms with Gasteiger partial charge in [-0.3, -0.25) is 0 Å². The van der Waals surface area contributed by atoms with Gasteiger partial charge >= 0.3 is 0 Å². The molecule has 0 amide bonds. The lowest BCUT2D eigenvalue weighted by atomic mass is 9.68. The van der Waals surface area contributed by atoms with E-state index in [4.69, 9.17) is 0 Å². The van der Waals surface area contributed by atoms with E-state index in [1.165, 1.54) is 149 Å². The van der Waals surface area contributed by atoms with Gasteiger partial charge in [-0.2, -0.15) is 0 Å². The summed E-state index contributed by atoms with van der Waals surface area (Å²) in [6, 6.07) is 58.6. The summed E-state index contributed by atoms with van der Waals surface area (Å²) >= 11 is 0. The first-order valence-corrected chi connectivity index (χ1v) is 23.0. The Labute approximate surface area is 352 Å². The minimum atomic E-state index is 0.100. The normalized spacial score (nSPS) is 20.5. The average Bonchev–Trinajstić information content (AvgIpc) is 3.54. The molecule has 0 aliphatic heterocycles. The lowest BCUT2D eigenvalue weighted by Gasteiger charge is -2.36. The third kappa shape index (κ3) is 6.62. The maximum atomic E-state index is 2.60. The van der Waals surface area contributed by atoms with Crippen LogP contribution in [0.4, 0.5) is 17.1 Å². The van der Waals surface area contributed by atoms with Gasteiger partial charge in [-0.05, 0) is 165 Å². The van der Waals surface area contributed by atoms with Gasteiger partial charge in [-0.25, -0.2) is 0 Å². The van der Waals surface area contributed by atoms with Crippen molar-refractivity contribution in [2.24, 2.45) is 17.8 Å². The van der Waals surface area contributed by atoms with Gasteiger partial charge in [-0.15, -0.1) is 0 Å². The number of fused-ring (bicyclic) bond motifs is 11. The molecule has 7 aromatic carbocycles. The summed E-state index contributed by atoms with van der Waals surface area (Å²) in [6.07, 6.45) is 16.9. The van der Waals surface area contributed by atoms with Gasteiger partial charge in [0.1, 0.15) is 0 Å². The van der Waals surface area contributed by atoms with Gasteiger partial charge in [0.2, 0.25) is 0 Å². The molecule has 2 saturated carbocycles. The molecule has 7 aromatic rings. The fourth-order valence-electron chi connectivity index (χ4n) is 12.3. The Kier molecular flexibility index (Phi) is 9.52. The van der Waals surface area contributed by atoms with E-state index in [1.54, 1.807) is 11.1 Å². The van der Waals surface area contributed by atoms with Crippen LogP contribution in [0.5, 0.6) is 0 Å². The molecule has 3 unspecified atom stereocenters. The minimum absolute atomic E-state index is 0.100. The van der Waals surface area contributed by atoms with Crippen LogP contribution in [0.15, 0.2) is 152 Å². The predicted octanol–water partition coefficient (Wildman–Crippen LogP) is 16.2. The standard InChI is InChI=1S/C58H57N/c1-2-40-33-41-13-12-14-42(34-41)36-47-17-6-7-18-52(47)53-29-27-50(38-48(53)35-40)59(49-25-23-44(24-26-49)46-22-21-43-15-4-5-16-45(43)37-46)51-28-30-55-54-19-8-9-20-56(54)58(57(55)39-51)31-10-3-11-32-58/h4-9,15-30,37-42H,2-3,10-14,31-36H2,1H3. The van der Waals surface area contributed by atoms with Crippen LogP contribution in [0.25, 0.3) is 44.2 Å². The van der Waals surface area contributed by atoms with Crippen LogP contribution in [0.3, 0.4) is 0 Å². The van der Waals surface area contributed by atoms with Crippen LogP contribution < -0.4 is 4.90 Å². The van der Waals surface area contributed by atoms with E-state index in [9.17, 15) is 0 Å². The highest BCUT2D eigenvalue weighted by molar-refractivity contribution is 5.89. The molecule has 4 aliphatic rings. The highest BCUT2D eigenvalue weighted by Crippen LogP contribution is 2.57. The topological polar surface area (TPSA) is 3.24 Å². The molecule has 0 heterocycles. The SMILES string of the molecule is CCC1Cc2cc(N(c3ccc(-c4ccc5ccccc5c4)cc3)c3ccc4c(c3)C3(CCCCC3)c3ccccc3-4)ccc2-c2ccccc2CC2CCCC(C1)C2. The number of hydrogen-bond donors (Lipinski definition) is 0. The van der Waals surface area contributed by atoms with Gasteiger partial charge in [-0.1, -0.05) is 161 Å². The van der Waals surface area contributed by atoms with Crippen molar-refractivity contribution in [3.8, 4) is 33.4 Å². The first kappa shape index (κ1) is 36.7. The van der Waals surface area contributed by atoms with E-state index in [1.807, 2.05) is 0 Å². The third-order valence-corrected chi connectivity index (χ3v) is 15.2. The highest BCUT2D eigenvalue weighted by Gasteiger charge is 2.44. The van der Waals surface area contributed by atoms with Crippen molar-refractivity contribution in [2.75, 3.05) is 4.90 Å². The molecule has 1 heteroatoms. The lowest BCUT2D eigenvalue weighted by Crippen LogP contribution is -2.28. The lowest BCUT2D eigenvalue weighted by molar-refractivity contribution is 0.223. The zero-order valence-electron chi connectivity index (χ0n) is 34.8. The van der Waals surface area contributed by atoms with Gasteiger partial charge < -0.3 is 4.90 Å². The van der Waals surface area contributed by atoms with Gasteiger partial charge in [0.05, 0.1) is 0 Å². The molecule has 1 spiro atoms. The summed E-state index contributed by atoms with van der Waals surface area (Å²) in [7, 11) is 0. The Balaban J connectivity index is 1.07. The van der Waals surface area contributed by atoms with Crippen LogP contribution in [0.1, 0.15) is 99.8 Å². The first-order valence-electron chi connectivity index (χ1n) is 23.0. The fourth-order valence-corrected chi connectivity index (χ4v) is 12.3. The Bertz CT molecular complexity index is 2640. The summed E-state index contributed by atoms with van der Waals surface area (Å²) in [6.45, 7) is 2.44. The predicted molar refractivity (Wildman–Crippen MR) is 250 cm³/mol. The molecular formula is C58H57N. The molecule has 0 saturated heterocycles. The Morgan fingerprint density at radius 2 is 1.14 bits per heavy atom. The van der Waals surface area contributed by atoms with E-state index in [0.29, 0.717) is 5.92 Å². The van der Waals surface area contributed by atoms with E-state index in [0.717, 1.165) is 18.3 Å². The molecule has 11 rings (SSSR count). The number of rotatable bonds is 5. The quantitative estimate of drug-likeness (QED) is 0.169. The molecule has 0 radical (unpaired) electrons. The molecule has 0 aromatic heterocycles. The van der Waals surface area contributed by atoms with Crippen LogP contribution in [-0.2, 0) is 18.3 Å². The van der Waals surface area contributed by atoms with Crippen LogP contribution >= 0.6 is 0 Å². The molecule has 3 atom stereocenters. The Morgan fingerprint density at radius 3 is 1.98 bits per heavy atom. The fraction of sp³-hybridized carbons (Fsp3) is 0.310. The Hall–Kier alpha value is -5.40. The molecule has 4 aliphatic carbocycles. The van der Waals surface area contributed by atoms with Gasteiger partial charge in [0.15, 0.2) is 0 Å². The van der Waals surface area contributed by atoms with Crippen molar-refractivity contribution in [2.45, 2.75) is 95.8 Å². The Morgan fingerprint density at radius 1 is 0.475 bits per heavy atom. The second kappa shape index (κ2) is 15.3. The highest BCUT2D eigenvalue weighted by atomic mass is 15.1. The number of anilines is 3. The minimum Gasteiger partial charge on any atom is -0.310 e. The molecule has 294 valence electrons. The molecule has 2 fully saturated rings. The summed E-state index contributed by atoms with van der Waals surface area (Å²) in [5.74, 6) is 2.35. The third-order valence-electron chi connectivity index (χ3n) is 15.2. The second-order valence-electron chi connectivity index (χ2n) is 18.7. The zero-order valence-corrected chi connectivity index (χ0v) is 34.8. The van der Waals surface area contributed by atoms with Crippen molar-refractivity contribution >= 4 is 27.8 Å². The van der Waals surface area contributed by atoms with Gasteiger partial charge in [0, 0.05) is 22.5 Å². The van der Waals surface area contributed by atoms with E-state index in [-0.39, 0.29) is 5.41 Å². The van der Waals surface area contributed by atoms with Crippen molar-refractivity contribution in [1.29, 1.82) is 0 Å². The summed E-state index contributed by atoms with van der Waals surface area (Å²) in [5.41, 5.74) is 18.3. The number of benzene rings is 7. The van der Waals surface area contributed by atoms with E-state index >= 15 is 0 Å². The summed E-state index contributed by atoms with van der Waals surface area (Å²) in [4.78, 5) is 2.58. The second-order valence-corrected chi connectivity index (χ2v) is 18.7. The number of nitrogens with zero attached hydrogens (tertiary/aromatic N) is 1. The van der Waals surface area contributed by atoms with Crippen molar-refractivity contribution in [1.82, 2.24) is 0 Å². The monoisotopic (exact) mass is 767 g/mol.